The molecule has 17 heavy (non-hydrogen) atoms. The van der Waals surface area contributed by atoms with Crippen molar-refractivity contribution >= 4 is 0 Å². The Hall–Kier alpha value is -1.36. The molecule has 0 bridgehead atoms. The molecule has 0 saturated carbocycles. The topological polar surface area (TPSA) is 58.9 Å². The van der Waals surface area contributed by atoms with Gasteiger partial charge in [-0.25, -0.2) is 0 Å². The smallest absolute Gasteiger partial charge is 0.191 e. The highest BCUT2D eigenvalue weighted by atomic mass is 16.7. The number of rotatable bonds is 3. The van der Waals surface area contributed by atoms with Crippen LogP contribution in [0.2, 0.25) is 0 Å². The fraction of sp³-hybridized carbons (Fsp3) is 0.385. The minimum absolute atomic E-state index is 0.0955. The quantitative estimate of drug-likeness (QED) is 0.839. The first-order valence-corrected chi connectivity index (χ1v) is 5.56. The van der Waals surface area contributed by atoms with Crippen LogP contribution < -0.4 is 0 Å². The average molecular weight is 236 g/mol. The van der Waals surface area contributed by atoms with E-state index < -0.39 is 12.4 Å². The van der Waals surface area contributed by atoms with Crippen molar-refractivity contribution in [1.82, 2.24) is 0 Å². The number of benzene rings is 1. The van der Waals surface area contributed by atoms with Crippen LogP contribution in [0, 0.1) is 0 Å². The van der Waals surface area contributed by atoms with Gasteiger partial charge in [-0.15, -0.1) is 0 Å². The number of aliphatic hydroxyl groups is 2. The van der Waals surface area contributed by atoms with Crippen molar-refractivity contribution in [3.05, 3.63) is 47.7 Å². The van der Waals surface area contributed by atoms with E-state index in [1.54, 1.807) is 6.92 Å². The maximum Gasteiger partial charge on any atom is 0.191 e. The van der Waals surface area contributed by atoms with Gasteiger partial charge >= 0.3 is 0 Å². The molecule has 4 nitrogen and oxygen atoms in total. The zero-order chi connectivity index (χ0) is 12.3. The van der Waals surface area contributed by atoms with Crippen molar-refractivity contribution in [1.29, 1.82) is 0 Å². The van der Waals surface area contributed by atoms with E-state index in [0.717, 1.165) is 5.56 Å². The molecule has 1 aliphatic heterocycles. The minimum atomic E-state index is -1.12. The van der Waals surface area contributed by atoms with Crippen molar-refractivity contribution in [3.8, 4) is 0 Å². The summed E-state index contributed by atoms with van der Waals surface area (Å²) in [6.45, 7) is 2.11. The molecule has 1 aliphatic rings. The molecule has 0 aromatic heterocycles. The van der Waals surface area contributed by atoms with E-state index in [1.807, 2.05) is 30.3 Å². The third kappa shape index (κ3) is 3.06. The second-order valence-corrected chi connectivity index (χ2v) is 4.04. The monoisotopic (exact) mass is 236 g/mol. The lowest BCUT2D eigenvalue weighted by Crippen LogP contribution is -2.39. The molecule has 2 rings (SSSR count). The summed E-state index contributed by atoms with van der Waals surface area (Å²) >= 11 is 0. The highest BCUT2D eigenvalue weighted by Gasteiger charge is 2.30. The predicted octanol–water partition coefficient (Wildman–Crippen LogP) is 1.75. The van der Waals surface area contributed by atoms with E-state index in [4.69, 9.17) is 9.47 Å². The second kappa shape index (κ2) is 5.31. The van der Waals surface area contributed by atoms with Crippen LogP contribution in [0.1, 0.15) is 12.5 Å². The van der Waals surface area contributed by atoms with E-state index in [1.165, 1.54) is 6.08 Å². The number of aliphatic hydroxyl groups excluding tert-OH is 2. The zero-order valence-electron chi connectivity index (χ0n) is 9.61. The van der Waals surface area contributed by atoms with Crippen LogP contribution in [-0.4, -0.2) is 28.7 Å². The van der Waals surface area contributed by atoms with Crippen LogP contribution in [0.3, 0.4) is 0 Å². The van der Waals surface area contributed by atoms with Gasteiger partial charge in [0.05, 0.1) is 12.7 Å². The van der Waals surface area contributed by atoms with E-state index in [0.29, 0.717) is 6.61 Å². The maximum absolute atomic E-state index is 9.66. The highest BCUT2D eigenvalue weighted by molar-refractivity contribution is 5.13. The van der Waals surface area contributed by atoms with Crippen molar-refractivity contribution in [2.75, 3.05) is 0 Å². The summed E-state index contributed by atoms with van der Waals surface area (Å²) in [5, 5.41) is 19.1. The first-order valence-electron chi connectivity index (χ1n) is 5.56. The van der Waals surface area contributed by atoms with Gasteiger partial charge in [-0.05, 0) is 18.6 Å². The molecule has 0 saturated heterocycles. The fourth-order valence-electron chi connectivity index (χ4n) is 1.69. The SMILES string of the molecule is C[C@H]1C=C(O)[C@H](O)[C@H](OCc2ccccc2)O1. The molecule has 1 aromatic carbocycles. The summed E-state index contributed by atoms with van der Waals surface area (Å²) in [6, 6.07) is 9.60. The molecule has 0 spiro atoms. The van der Waals surface area contributed by atoms with E-state index in [-0.39, 0.29) is 11.9 Å². The predicted molar refractivity (Wildman–Crippen MR) is 62.3 cm³/mol. The summed E-state index contributed by atoms with van der Waals surface area (Å²) in [6.07, 6.45) is -0.739. The first-order chi connectivity index (χ1) is 8.16. The van der Waals surface area contributed by atoms with Gasteiger partial charge < -0.3 is 19.7 Å². The summed E-state index contributed by atoms with van der Waals surface area (Å²) in [5.74, 6) is -0.0955. The Morgan fingerprint density at radius 1 is 1.29 bits per heavy atom. The molecule has 0 aliphatic carbocycles. The van der Waals surface area contributed by atoms with Gasteiger partial charge in [0.25, 0.3) is 0 Å². The molecule has 0 radical (unpaired) electrons. The Morgan fingerprint density at radius 2 is 2.00 bits per heavy atom. The Morgan fingerprint density at radius 3 is 2.71 bits per heavy atom. The van der Waals surface area contributed by atoms with Crippen LogP contribution in [-0.2, 0) is 16.1 Å². The van der Waals surface area contributed by atoms with Crippen LogP contribution in [0.25, 0.3) is 0 Å². The third-order valence-corrected chi connectivity index (χ3v) is 2.57. The largest absolute Gasteiger partial charge is 0.510 e. The summed E-state index contributed by atoms with van der Waals surface area (Å²) < 4.78 is 10.8. The van der Waals surface area contributed by atoms with Gasteiger partial charge in [0.1, 0.15) is 5.76 Å². The zero-order valence-corrected chi connectivity index (χ0v) is 9.61. The Bertz CT molecular complexity index is 388. The normalized spacial score (nSPS) is 28.8. The number of hydrogen-bond acceptors (Lipinski definition) is 4. The second-order valence-electron chi connectivity index (χ2n) is 4.04. The standard InChI is InChI=1S/C13H16O4/c1-9-7-11(14)12(15)13(17-9)16-8-10-5-3-2-4-6-10/h2-7,9,12-15H,8H2,1H3/t9-,12-,13+/m0/s1. The van der Waals surface area contributed by atoms with Crippen LogP contribution >= 0.6 is 0 Å². The van der Waals surface area contributed by atoms with Crippen LogP contribution in [0.4, 0.5) is 0 Å². The van der Waals surface area contributed by atoms with Gasteiger partial charge in [-0.2, -0.15) is 0 Å². The van der Waals surface area contributed by atoms with Gasteiger partial charge in [0.2, 0.25) is 0 Å². The lowest BCUT2D eigenvalue weighted by molar-refractivity contribution is -0.217. The Labute approximate surface area is 100 Å². The summed E-state index contributed by atoms with van der Waals surface area (Å²) in [7, 11) is 0. The van der Waals surface area contributed by atoms with Gasteiger partial charge in [-0.1, -0.05) is 30.3 Å². The summed E-state index contributed by atoms with van der Waals surface area (Å²) in [4.78, 5) is 0. The van der Waals surface area contributed by atoms with Crippen molar-refractivity contribution in [3.63, 3.8) is 0 Å². The molecule has 0 amide bonds. The van der Waals surface area contributed by atoms with Crippen LogP contribution in [0.15, 0.2) is 42.2 Å². The van der Waals surface area contributed by atoms with E-state index >= 15 is 0 Å². The minimum Gasteiger partial charge on any atom is -0.510 e. The molecule has 3 atom stereocenters. The van der Waals surface area contributed by atoms with E-state index in [9.17, 15) is 10.2 Å². The van der Waals surface area contributed by atoms with Crippen LogP contribution in [0.5, 0.6) is 0 Å². The van der Waals surface area contributed by atoms with Crippen molar-refractivity contribution in [2.45, 2.75) is 32.0 Å². The molecule has 4 heteroatoms. The van der Waals surface area contributed by atoms with E-state index in [2.05, 4.69) is 0 Å². The molecule has 1 aromatic rings. The lowest BCUT2D eigenvalue weighted by atomic mass is 10.2. The maximum atomic E-state index is 9.66. The number of hydrogen-bond donors (Lipinski definition) is 2. The molecule has 0 unspecified atom stereocenters. The molecular weight excluding hydrogens is 220 g/mol. The fourth-order valence-corrected chi connectivity index (χ4v) is 1.69. The Balaban J connectivity index is 1.94. The molecule has 0 fully saturated rings. The molecule has 2 N–H and O–H groups in total. The number of ether oxygens (including phenoxy) is 2. The first kappa shape index (κ1) is 12.1. The lowest BCUT2D eigenvalue weighted by Gasteiger charge is -2.29. The van der Waals surface area contributed by atoms with Crippen molar-refractivity contribution < 1.29 is 19.7 Å². The van der Waals surface area contributed by atoms with Crippen molar-refractivity contribution in [2.24, 2.45) is 0 Å². The van der Waals surface area contributed by atoms with Gasteiger partial charge in [0, 0.05) is 0 Å². The highest BCUT2D eigenvalue weighted by Crippen LogP contribution is 2.19. The van der Waals surface area contributed by atoms with Gasteiger partial charge in [-0.3, -0.25) is 0 Å². The molecular formula is C13H16O4. The summed E-state index contributed by atoms with van der Waals surface area (Å²) in [5.41, 5.74) is 0.991. The third-order valence-electron chi connectivity index (χ3n) is 2.57. The average Bonchev–Trinajstić information content (AvgIpc) is 2.33. The Kier molecular flexibility index (Phi) is 3.78. The molecule has 1 heterocycles. The van der Waals surface area contributed by atoms with Gasteiger partial charge in [0.15, 0.2) is 12.4 Å². The molecule has 92 valence electrons.